The highest BCUT2D eigenvalue weighted by Crippen LogP contribution is 2.18. The number of amides is 1. The van der Waals surface area contributed by atoms with Crippen LogP contribution >= 0.6 is 0 Å². The fraction of sp³-hybridized carbons (Fsp3) is 0.625. The Balaban J connectivity index is 1.46. The standard InChI is InChI=1S/C16H23N7O2/c1-11-9-13(23-16(20-11)18-10-19-23)21-4-6-22(7-5-21)15(24)14-12(2)25-8-3-17-14/h9-10,12,14,17H,3-8H2,1-2H3/t12-,14+/m1/s1. The highest BCUT2D eigenvalue weighted by molar-refractivity contribution is 5.83. The van der Waals surface area contributed by atoms with Crippen LogP contribution < -0.4 is 10.2 Å². The maximum atomic E-state index is 12.8. The van der Waals surface area contributed by atoms with Gasteiger partial charge in [-0.1, -0.05) is 0 Å². The maximum absolute atomic E-state index is 12.8. The van der Waals surface area contributed by atoms with Crippen molar-refractivity contribution in [3.05, 3.63) is 18.1 Å². The van der Waals surface area contributed by atoms with Gasteiger partial charge in [0.05, 0.1) is 12.7 Å². The third-order valence-corrected chi connectivity index (χ3v) is 4.86. The number of hydrogen-bond donors (Lipinski definition) is 1. The Morgan fingerprint density at radius 1 is 1.32 bits per heavy atom. The van der Waals surface area contributed by atoms with Gasteiger partial charge in [-0.05, 0) is 13.8 Å². The third-order valence-electron chi connectivity index (χ3n) is 4.86. The molecule has 2 aliphatic rings. The molecule has 2 atom stereocenters. The number of aromatic nitrogens is 4. The van der Waals surface area contributed by atoms with Crippen molar-refractivity contribution in [2.24, 2.45) is 0 Å². The molecule has 0 bridgehead atoms. The van der Waals surface area contributed by atoms with E-state index >= 15 is 0 Å². The highest BCUT2D eigenvalue weighted by Gasteiger charge is 2.33. The lowest BCUT2D eigenvalue weighted by atomic mass is 10.1. The minimum absolute atomic E-state index is 0.0862. The van der Waals surface area contributed by atoms with Crippen LogP contribution in [0.4, 0.5) is 5.82 Å². The molecule has 2 fully saturated rings. The summed E-state index contributed by atoms with van der Waals surface area (Å²) in [4.78, 5) is 25.5. The molecule has 1 N–H and O–H groups in total. The topological polar surface area (TPSA) is 87.9 Å². The first kappa shape index (κ1) is 16.2. The van der Waals surface area contributed by atoms with Gasteiger partial charge in [-0.25, -0.2) is 4.98 Å². The Bertz CT molecular complexity index is 769. The Morgan fingerprint density at radius 3 is 2.88 bits per heavy atom. The van der Waals surface area contributed by atoms with E-state index in [1.807, 2.05) is 24.8 Å². The Morgan fingerprint density at radius 2 is 2.12 bits per heavy atom. The summed E-state index contributed by atoms with van der Waals surface area (Å²) in [6.07, 6.45) is 1.43. The number of carbonyl (C=O) groups excluding carboxylic acids is 1. The number of carbonyl (C=O) groups is 1. The average Bonchev–Trinajstić information content (AvgIpc) is 3.09. The minimum Gasteiger partial charge on any atom is -0.375 e. The van der Waals surface area contributed by atoms with Gasteiger partial charge in [-0.3, -0.25) is 4.79 Å². The monoisotopic (exact) mass is 345 g/mol. The molecule has 0 radical (unpaired) electrons. The summed E-state index contributed by atoms with van der Waals surface area (Å²) in [5.74, 6) is 1.70. The zero-order chi connectivity index (χ0) is 17.4. The van der Waals surface area contributed by atoms with Crippen molar-refractivity contribution in [2.75, 3.05) is 44.2 Å². The lowest BCUT2D eigenvalue weighted by Gasteiger charge is -2.39. The van der Waals surface area contributed by atoms with Gasteiger partial charge in [0.2, 0.25) is 5.91 Å². The van der Waals surface area contributed by atoms with Crippen LogP contribution in [0.25, 0.3) is 5.78 Å². The molecule has 134 valence electrons. The number of ether oxygens (including phenoxy) is 1. The van der Waals surface area contributed by atoms with Crippen LogP contribution in [0.1, 0.15) is 12.6 Å². The summed E-state index contributed by atoms with van der Waals surface area (Å²) < 4.78 is 7.35. The predicted molar refractivity (Wildman–Crippen MR) is 91.5 cm³/mol. The third kappa shape index (κ3) is 3.05. The SMILES string of the molecule is Cc1cc(N2CCN(C(=O)[C@H]3NCCO[C@@H]3C)CC2)n2ncnc2n1. The Hall–Kier alpha value is -2.26. The Labute approximate surface area is 146 Å². The van der Waals surface area contributed by atoms with Crippen LogP contribution in [0.5, 0.6) is 0 Å². The van der Waals surface area contributed by atoms with Crippen molar-refractivity contribution in [3.63, 3.8) is 0 Å². The first-order valence-electron chi connectivity index (χ1n) is 8.69. The zero-order valence-corrected chi connectivity index (χ0v) is 14.6. The molecule has 9 nitrogen and oxygen atoms in total. The fourth-order valence-electron chi connectivity index (χ4n) is 3.50. The molecule has 0 unspecified atom stereocenters. The summed E-state index contributed by atoms with van der Waals surface area (Å²) >= 11 is 0. The minimum atomic E-state index is -0.245. The smallest absolute Gasteiger partial charge is 0.254 e. The fourth-order valence-corrected chi connectivity index (χ4v) is 3.50. The summed E-state index contributed by atoms with van der Waals surface area (Å²) in [5, 5.41) is 7.54. The second-order valence-corrected chi connectivity index (χ2v) is 6.55. The number of nitrogens with zero attached hydrogens (tertiary/aromatic N) is 6. The van der Waals surface area contributed by atoms with Gasteiger partial charge in [0, 0.05) is 44.5 Å². The largest absolute Gasteiger partial charge is 0.375 e. The molecule has 1 amide bonds. The molecule has 0 saturated carbocycles. The van der Waals surface area contributed by atoms with Gasteiger partial charge in [-0.15, -0.1) is 0 Å². The normalized spacial score (nSPS) is 24.7. The number of nitrogens with one attached hydrogen (secondary N) is 1. The van der Waals surface area contributed by atoms with E-state index in [-0.39, 0.29) is 18.1 Å². The van der Waals surface area contributed by atoms with Crippen LogP contribution in [0.15, 0.2) is 12.4 Å². The van der Waals surface area contributed by atoms with Crippen LogP contribution in [-0.2, 0) is 9.53 Å². The quantitative estimate of drug-likeness (QED) is 0.782. The second kappa shape index (κ2) is 6.57. The highest BCUT2D eigenvalue weighted by atomic mass is 16.5. The molecule has 25 heavy (non-hydrogen) atoms. The summed E-state index contributed by atoms with van der Waals surface area (Å²) in [5.41, 5.74) is 0.909. The Kier molecular flexibility index (Phi) is 4.26. The van der Waals surface area contributed by atoms with Crippen LogP contribution in [0.3, 0.4) is 0 Å². The molecule has 2 aliphatic heterocycles. The lowest BCUT2D eigenvalue weighted by Crippen LogP contribution is -2.59. The van der Waals surface area contributed by atoms with Crippen LogP contribution in [0.2, 0.25) is 0 Å². The van der Waals surface area contributed by atoms with E-state index in [0.717, 1.165) is 31.1 Å². The molecule has 2 aromatic heterocycles. The predicted octanol–water partition coefficient (Wildman–Crippen LogP) is -0.542. The molecule has 4 heterocycles. The molecular weight excluding hydrogens is 322 g/mol. The number of aryl methyl sites for hydroxylation is 1. The molecule has 2 saturated heterocycles. The van der Waals surface area contributed by atoms with Gasteiger partial charge >= 0.3 is 0 Å². The molecule has 0 aromatic carbocycles. The average molecular weight is 345 g/mol. The van der Waals surface area contributed by atoms with E-state index in [2.05, 4.69) is 25.3 Å². The number of anilines is 1. The molecule has 4 rings (SSSR count). The van der Waals surface area contributed by atoms with Crippen molar-refractivity contribution in [1.29, 1.82) is 0 Å². The van der Waals surface area contributed by atoms with Gasteiger partial charge in [0.25, 0.3) is 5.78 Å². The summed E-state index contributed by atoms with van der Waals surface area (Å²) in [7, 11) is 0. The molecule has 0 spiro atoms. The van der Waals surface area contributed by atoms with Crippen LogP contribution in [0, 0.1) is 6.92 Å². The second-order valence-electron chi connectivity index (χ2n) is 6.55. The van der Waals surface area contributed by atoms with Crippen LogP contribution in [-0.4, -0.2) is 81.9 Å². The van der Waals surface area contributed by atoms with Crippen molar-refractivity contribution in [3.8, 4) is 0 Å². The molecule has 2 aromatic rings. The summed E-state index contributed by atoms with van der Waals surface area (Å²) in [6, 6.07) is 1.77. The van der Waals surface area contributed by atoms with Gasteiger partial charge < -0.3 is 19.9 Å². The van der Waals surface area contributed by atoms with Crippen molar-refractivity contribution >= 4 is 17.5 Å². The van der Waals surface area contributed by atoms with E-state index in [0.29, 0.717) is 25.5 Å². The number of fused-ring (bicyclic) bond motifs is 1. The lowest BCUT2D eigenvalue weighted by molar-refractivity contribution is -0.139. The van der Waals surface area contributed by atoms with Crippen molar-refractivity contribution < 1.29 is 9.53 Å². The number of piperazine rings is 1. The van der Waals surface area contributed by atoms with E-state index in [4.69, 9.17) is 4.74 Å². The molecule has 9 heteroatoms. The van der Waals surface area contributed by atoms with E-state index in [1.54, 1.807) is 4.52 Å². The van der Waals surface area contributed by atoms with E-state index in [1.165, 1.54) is 6.33 Å². The number of morpholine rings is 1. The van der Waals surface area contributed by atoms with Gasteiger partial charge in [0.1, 0.15) is 18.2 Å². The first-order chi connectivity index (χ1) is 12.1. The van der Waals surface area contributed by atoms with E-state index in [9.17, 15) is 4.79 Å². The van der Waals surface area contributed by atoms with Crippen molar-refractivity contribution in [1.82, 2.24) is 29.8 Å². The zero-order valence-electron chi connectivity index (χ0n) is 14.6. The maximum Gasteiger partial charge on any atom is 0.254 e. The van der Waals surface area contributed by atoms with Gasteiger partial charge in [0.15, 0.2) is 0 Å². The van der Waals surface area contributed by atoms with Gasteiger partial charge in [-0.2, -0.15) is 14.6 Å². The van der Waals surface area contributed by atoms with Crippen molar-refractivity contribution in [2.45, 2.75) is 26.0 Å². The first-order valence-corrected chi connectivity index (χ1v) is 8.69. The molecule has 0 aliphatic carbocycles. The molecular formula is C16H23N7O2. The number of hydrogen-bond acceptors (Lipinski definition) is 7. The van der Waals surface area contributed by atoms with E-state index < -0.39 is 0 Å². The number of rotatable bonds is 2. The summed E-state index contributed by atoms with van der Waals surface area (Å²) in [6.45, 7) is 8.16.